The van der Waals surface area contributed by atoms with Gasteiger partial charge in [-0.2, -0.15) is 0 Å². The van der Waals surface area contributed by atoms with E-state index < -0.39 is 0 Å². The third-order valence-corrected chi connectivity index (χ3v) is 3.32. The zero-order valence-electron chi connectivity index (χ0n) is 11.7. The molecule has 0 bridgehead atoms. The molecule has 5 nitrogen and oxygen atoms in total. The van der Waals surface area contributed by atoms with Crippen LogP contribution in [0.4, 0.5) is 4.79 Å². The number of urea groups is 1. The number of carbonyl (C=O) groups excluding carboxylic acids is 2. The highest BCUT2D eigenvalue weighted by atomic mass is 79.9. The van der Waals surface area contributed by atoms with Gasteiger partial charge in [0.25, 0.3) is 5.91 Å². The van der Waals surface area contributed by atoms with E-state index in [2.05, 4.69) is 31.9 Å². The van der Waals surface area contributed by atoms with E-state index in [9.17, 15) is 9.59 Å². The molecule has 0 aliphatic rings. The van der Waals surface area contributed by atoms with Crippen LogP contribution < -0.4 is 16.0 Å². The van der Waals surface area contributed by atoms with E-state index in [1.54, 1.807) is 12.1 Å². The molecule has 3 amide bonds. The molecule has 1 aromatic carbocycles. The largest absolute Gasteiger partial charge is 0.350 e. The minimum Gasteiger partial charge on any atom is -0.350 e. The summed E-state index contributed by atoms with van der Waals surface area (Å²) in [4.78, 5) is 23.2. The fourth-order valence-corrected chi connectivity index (χ4v) is 1.70. The first kappa shape index (κ1) is 16.5. The Hall–Kier alpha value is -1.56. The van der Waals surface area contributed by atoms with Gasteiger partial charge in [-0.3, -0.25) is 4.79 Å². The van der Waals surface area contributed by atoms with E-state index in [-0.39, 0.29) is 18.0 Å². The van der Waals surface area contributed by atoms with Crippen LogP contribution in [0, 0.1) is 0 Å². The van der Waals surface area contributed by atoms with Crippen LogP contribution in [0.1, 0.15) is 30.6 Å². The molecular formula is C14H20BrN3O2. The van der Waals surface area contributed by atoms with Crippen LogP contribution in [-0.4, -0.2) is 31.1 Å². The van der Waals surface area contributed by atoms with Crippen molar-refractivity contribution < 1.29 is 9.59 Å². The lowest BCUT2D eigenvalue weighted by atomic mass is 10.2. The summed E-state index contributed by atoms with van der Waals surface area (Å²) in [6.45, 7) is 4.73. The molecule has 0 radical (unpaired) electrons. The van der Waals surface area contributed by atoms with Crippen LogP contribution in [0.15, 0.2) is 28.7 Å². The van der Waals surface area contributed by atoms with Crippen LogP contribution in [0.3, 0.4) is 0 Å². The first-order chi connectivity index (χ1) is 9.52. The SMILES string of the molecule is CCC(C)NC(=O)NCCNC(=O)c1ccc(Br)cc1. The molecule has 0 saturated carbocycles. The fraction of sp³-hybridized carbons (Fsp3) is 0.429. The van der Waals surface area contributed by atoms with Crippen molar-refractivity contribution in [1.82, 2.24) is 16.0 Å². The van der Waals surface area contributed by atoms with E-state index in [0.29, 0.717) is 18.7 Å². The number of nitrogens with one attached hydrogen (secondary N) is 3. The average Bonchev–Trinajstić information content (AvgIpc) is 2.44. The molecular weight excluding hydrogens is 322 g/mol. The molecule has 0 heterocycles. The quantitative estimate of drug-likeness (QED) is 0.694. The second-order valence-corrected chi connectivity index (χ2v) is 5.39. The molecule has 3 N–H and O–H groups in total. The van der Waals surface area contributed by atoms with Gasteiger partial charge in [-0.15, -0.1) is 0 Å². The van der Waals surface area contributed by atoms with Crippen molar-refractivity contribution in [2.24, 2.45) is 0 Å². The molecule has 0 spiro atoms. The Kier molecular flexibility index (Phi) is 7.08. The lowest BCUT2D eigenvalue weighted by Crippen LogP contribution is -2.43. The fourth-order valence-electron chi connectivity index (χ4n) is 1.43. The van der Waals surface area contributed by atoms with Gasteiger partial charge in [-0.05, 0) is 37.6 Å². The molecule has 0 aliphatic heterocycles. The van der Waals surface area contributed by atoms with Crippen LogP contribution in [0.25, 0.3) is 0 Å². The van der Waals surface area contributed by atoms with E-state index in [4.69, 9.17) is 0 Å². The minimum atomic E-state index is -0.211. The van der Waals surface area contributed by atoms with Gasteiger partial charge in [0.2, 0.25) is 0 Å². The third-order valence-electron chi connectivity index (χ3n) is 2.79. The van der Waals surface area contributed by atoms with Crippen molar-refractivity contribution in [2.45, 2.75) is 26.3 Å². The van der Waals surface area contributed by atoms with Gasteiger partial charge >= 0.3 is 6.03 Å². The van der Waals surface area contributed by atoms with Crippen molar-refractivity contribution in [3.05, 3.63) is 34.3 Å². The smallest absolute Gasteiger partial charge is 0.315 e. The van der Waals surface area contributed by atoms with Gasteiger partial charge in [-0.25, -0.2) is 4.79 Å². The Morgan fingerprint density at radius 1 is 1.15 bits per heavy atom. The minimum absolute atomic E-state index is 0.146. The Bertz CT molecular complexity index is 448. The summed E-state index contributed by atoms with van der Waals surface area (Å²) in [5.74, 6) is -0.151. The maximum Gasteiger partial charge on any atom is 0.315 e. The number of benzene rings is 1. The lowest BCUT2D eigenvalue weighted by molar-refractivity contribution is 0.0954. The maximum absolute atomic E-state index is 11.8. The molecule has 1 rings (SSSR count). The number of hydrogen-bond acceptors (Lipinski definition) is 2. The highest BCUT2D eigenvalue weighted by molar-refractivity contribution is 9.10. The summed E-state index contributed by atoms with van der Waals surface area (Å²) in [6.07, 6.45) is 0.883. The predicted molar refractivity (Wildman–Crippen MR) is 82.8 cm³/mol. The van der Waals surface area contributed by atoms with E-state index >= 15 is 0 Å². The molecule has 110 valence electrons. The van der Waals surface area contributed by atoms with Gasteiger partial charge in [-0.1, -0.05) is 22.9 Å². The Balaban J connectivity index is 2.22. The monoisotopic (exact) mass is 341 g/mol. The van der Waals surface area contributed by atoms with E-state index in [1.165, 1.54) is 0 Å². The number of rotatable bonds is 6. The molecule has 1 atom stereocenters. The van der Waals surface area contributed by atoms with Crippen molar-refractivity contribution in [3.8, 4) is 0 Å². The van der Waals surface area contributed by atoms with E-state index in [1.807, 2.05) is 26.0 Å². The first-order valence-corrected chi connectivity index (χ1v) is 7.40. The van der Waals surface area contributed by atoms with Crippen molar-refractivity contribution in [3.63, 3.8) is 0 Å². The summed E-state index contributed by atoms with van der Waals surface area (Å²) < 4.78 is 0.928. The molecule has 0 aromatic heterocycles. The van der Waals surface area contributed by atoms with Gasteiger partial charge in [0.05, 0.1) is 0 Å². The first-order valence-electron chi connectivity index (χ1n) is 6.61. The van der Waals surface area contributed by atoms with Gasteiger partial charge < -0.3 is 16.0 Å². The predicted octanol–water partition coefficient (Wildman–Crippen LogP) is 2.28. The zero-order valence-corrected chi connectivity index (χ0v) is 13.3. The average molecular weight is 342 g/mol. The van der Waals surface area contributed by atoms with Crippen LogP contribution >= 0.6 is 15.9 Å². The van der Waals surface area contributed by atoms with Gasteiger partial charge in [0.15, 0.2) is 0 Å². The van der Waals surface area contributed by atoms with Crippen LogP contribution in [0.2, 0.25) is 0 Å². The molecule has 0 fully saturated rings. The third kappa shape index (κ3) is 6.06. The lowest BCUT2D eigenvalue weighted by Gasteiger charge is -2.12. The highest BCUT2D eigenvalue weighted by Gasteiger charge is 2.06. The van der Waals surface area contributed by atoms with Crippen molar-refractivity contribution >= 4 is 27.9 Å². The zero-order chi connectivity index (χ0) is 15.0. The standard InChI is InChI=1S/C14H20BrN3O2/c1-3-10(2)18-14(20)17-9-8-16-13(19)11-4-6-12(15)7-5-11/h4-7,10H,3,8-9H2,1-2H3,(H,16,19)(H2,17,18,20). The number of hydrogen-bond donors (Lipinski definition) is 3. The summed E-state index contributed by atoms with van der Waals surface area (Å²) >= 11 is 3.31. The maximum atomic E-state index is 11.8. The molecule has 1 aromatic rings. The Morgan fingerprint density at radius 3 is 2.35 bits per heavy atom. The summed E-state index contributed by atoms with van der Waals surface area (Å²) in [7, 11) is 0. The second kappa shape index (κ2) is 8.58. The van der Waals surface area contributed by atoms with Gasteiger partial charge in [0.1, 0.15) is 0 Å². The van der Waals surface area contributed by atoms with Crippen LogP contribution in [-0.2, 0) is 0 Å². The Labute approximate surface area is 127 Å². The summed E-state index contributed by atoms with van der Waals surface area (Å²) in [6, 6.07) is 7.04. The number of carbonyl (C=O) groups is 2. The van der Waals surface area contributed by atoms with E-state index in [0.717, 1.165) is 10.9 Å². The topological polar surface area (TPSA) is 70.2 Å². The molecule has 0 saturated heterocycles. The second-order valence-electron chi connectivity index (χ2n) is 4.47. The van der Waals surface area contributed by atoms with Gasteiger partial charge in [0, 0.05) is 29.2 Å². The summed E-state index contributed by atoms with van der Waals surface area (Å²) in [5.41, 5.74) is 0.595. The molecule has 0 aliphatic carbocycles. The highest BCUT2D eigenvalue weighted by Crippen LogP contribution is 2.10. The number of amides is 3. The molecule has 6 heteroatoms. The normalized spacial score (nSPS) is 11.6. The Morgan fingerprint density at radius 2 is 1.75 bits per heavy atom. The molecule has 1 unspecified atom stereocenters. The van der Waals surface area contributed by atoms with Crippen molar-refractivity contribution in [2.75, 3.05) is 13.1 Å². The molecule has 20 heavy (non-hydrogen) atoms. The summed E-state index contributed by atoms with van der Waals surface area (Å²) in [5, 5.41) is 8.22. The number of halogens is 1. The van der Waals surface area contributed by atoms with Crippen molar-refractivity contribution in [1.29, 1.82) is 0 Å². The van der Waals surface area contributed by atoms with Crippen LogP contribution in [0.5, 0.6) is 0 Å².